The second-order valence-electron chi connectivity index (χ2n) is 3.60. The number of nitrogens with two attached hydrogens (primary N) is 1. The average molecular weight is 187 g/mol. The summed E-state index contributed by atoms with van der Waals surface area (Å²) in [5.74, 6) is -0.578. The fraction of sp³-hybridized carbons (Fsp3) is 0.900. The summed E-state index contributed by atoms with van der Waals surface area (Å²) in [5.41, 5.74) is 3.89. The van der Waals surface area contributed by atoms with Crippen LogP contribution < -0.4 is 5.73 Å². The highest BCUT2D eigenvalue weighted by Gasteiger charge is 2.31. The number of unbranched alkanes of at least 4 members (excludes halogenated alkanes) is 2. The van der Waals surface area contributed by atoms with E-state index in [-0.39, 0.29) is 0 Å². The maximum absolute atomic E-state index is 11.0. The molecule has 0 aromatic carbocycles. The van der Waals surface area contributed by atoms with Gasteiger partial charge in [0.2, 0.25) is 5.91 Å². The average Bonchev–Trinajstić information content (AvgIpc) is 2.05. The molecule has 1 amide bonds. The van der Waals surface area contributed by atoms with E-state index in [1.54, 1.807) is 0 Å². The van der Waals surface area contributed by atoms with Gasteiger partial charge in [0.1, 0.15) is 5.60 Å². The molecule has 0 rings (SSSR count). The summed E-state index contributed by atoms with van der Waals surface area (Å²) >= 11 is 0. The molecule has 0 spiro atoms. The summed E-state index contributed by atoms with van der Waals surface area (Å²) in [5, 5.41) is 9.84. The molecule has 0 aliphatic rings. The maximum Gasteiger partial charge on any atom is 0.249 e. The van der Waals surface area contributed by atoms with Crippen molar-refractivity contribution in [2.75, 3.05) is 0 Å². The van der Waals surface area contributed by atoms with E-state index in [4.69, 9.17) is 5.73 Å². The zero-order valence-corrected chi connectivity index (χ0v) is 8.68. The fourth-order valence-corrected chi connectivity index (χ4v) is 1.45. The smallest absolute Gasteiger partial charge is 0.249 e. The van der Waals surface area contributed by atoms with Gasteiger partial charge in [-0.25, -0.2) is 0 Å². The third-order valence-corrected chi connectivity index (χ3v) is 2.32. The van der Waals surface area contributed by atoms with Crippen LogP contribution in [0.4, 0.5) is 0 Å². The number of carbonyl (C=O) groups excluding carboxylic acids is 1. The molecule has 0 unspecified atom stereocenters. The van der Waals surface area contributed by atoms with Crippen LogP contribution in [0.3, 0.4) is 0 Å². The van der Waals surface area contributed by atoms with Crippen LogP contribution in [0.1, 0.15) is 52.4 Å². The lowest BCUT2D eigenvalue weighted by molar-refractivity contribution is -0.137. The van der Waals surface area contributed by atoms with Gasteiger partial charge in [0.25, 0.3) is 0 Å². The highest BCUT2D eigenvalue weighted by Crippen LogP contribution is 2.20. The molecule has 78 valence electrons. The summed E-state index contributed by atoms with van der Waals surface area (Å²) in [4.78, 5) is 11.0. The Balaban J connectivity index is 4.00. The van der Waals surface area contributed by atoms with Crippen molar-refractivity contribution in [2.45, 2.75) is 58.0 Å². The molecule has 0 heterocycles. The van der Waals surface area contributed by atoms with Crippen LogP contribution in [-0.2, 0) is 4.79 Å². The lowest BCUT2D eigenvalue weighted by Crippen LogP contribution is -2.43. The first-order chi connectivity index (χ1) is 6.06. The van der Waals surface area contributed by atoms with Gasteiger partial charge >= 0.3 is 0 Å². The van der Waals surface area contributed by atoms with Gasteiger partial charge in [-0.1, -0.05) is 39.5 Å². The monoisotopic (exact) mass is 187 g/mol. The third-order valence-electron chi connectivity index (χ3n) is 2.32. The highest BCUT2D eigenvalue weighted by molar-refractivity contribution is 5.83. The predicted molar refractivity (Wildman–Crippen MR) is 53.2 cm³/mol. The van der Waals surface area contributed by atoms with E-state index in [0.717, 1.165) is 25.7 Å². The summed E-state index contributed by atoms with van der Waals surface area (Å²) in [6.45, 7) is 4.02. The Kier molecular flexibility index (Phi) is 5.71. The Morgan fingerprint density at radius 1 is 1.23 bits per heavy atom. The van der Waals surface area contributed by atoms with Crippen LogP contribution in [-0.4, -0.2) is 16.6 Å². The molecule has 1 atom stereocenters. The van der Waals surface area contributed by atoms with Crippen LogP contribution in [0.25, 0.3) is 0 Å². The number of hydrogen-bond acceptors (Lipinski definition) is 2. The third kappa shape index (κ3) is 4.27. The number of aliphatic hydroxyl groups is 1. The first-order valence-corrected chi connectivity index (χ1v) is 5.09. The first-order valence-electron chi connectivity index (χ1n) is 5.09. The molecule has 3 N–H and O–H groups in total. The topological polar surface area (TPSA) is 63.3 Å². The van der Waals surface area contributed by atoms with E-state index in [1.165, 1.54) is 0 Å². The molecule has 0 bridgehead atoms. The zero-order valence-electron chi connectivity index (χ0n) is 8.68. The lowest BCUT2D eigenvalue weighted by Gasteiger charge is -2.23. The Hall–Kier alpha value is -0.570. The predicted octanol–water partition coefficient (Wildman–Crippen LogP) is 1.58. The van der Waals surface area contributed by atoms with Crippen LogP contribution in [0.15, 0.2) is 0 Å². The molecule has 0 fully saturated rings. The van der Waals surface area contributed by atoms with Crippen molar-refractivity contribution < 1.29 is 9.90 Å². The standard InChI is InChI=1S/C10H21NO2/c1-3-5-6-8-10(13,7-4-2)9(11)12/h13H,3-8H2,1-2H3,(H2,11,12)/t10-/m1/s1. The zero-order chi connectivity index (χ0) is 10.3. The molecular formula is C10H21NO2. The van der Waals surface area contributed by atoms with Gasteiger partial charge < -0.3 is 10.8 Å². The lowest BCUT2D eigenvalue weighted by atomic mass is 9.91. The minimum absolute atomic E-state index is 0.478. The van der Waals surface area contributed by atoms with Gasteiger partial charge in [0, 0.05) is 0 Å². The van der Waals surface area contributed by atoms with E-state index in [2.05, 4.69) is 6.92 Å². The van der Waals surface area contributed by atoms with E-state index >= 15 is 0 Å². The second kappa shape index (κ2) is 5.97. The van der Waals surface area contributed by atoms with Gasteiger partial charge in [-0.15, -0.1) is 0 Å². The van der Waals surface area contributed by atoms with Crippen LogP contribution in [0, 0.1) is 0 Å². The normalized spacial score (nSPS) is 15.3. The van der Waals surface area contributed by atoms with E-state index in [9.17, 15) is 9.90 Å². The van der Waals surface area contributed by atoms with Crippen molar-refractivity contribution in [3.8, 4) is 0 Å². The van der Waals surface area contributed by atoms with E-state index in [0.29, 0.717) is 12.8 Å². The molecular weight excluding hydrogens is 166 g/mol. The molecule has 0 radical (unpaired) electrons. The molecule has 3 heteroatoms. The Morgan fingerprint density at radius 2 is 1.85 bits per heavy atom. The van der Waals surface area contributed by atoms with Gasteiger partial charge in [-0.2, -0.15) is 0 Å². The molecule has 0 aromatic heterocycles. The van der Waals surface area contributed by atoms with Crippen LogP contribution in [0.2, 0.25) is 0 Å². The SMILES string of the molecule is CCCCC[C@](O)(CCC)C(N)=O. The minimum atomic E-state index is -1.26. The highest BCUT2D eigenvalue weighted by atomic mass is 16.3. The van der Waals surface area contributed by atoms with Crippen molar-refractivity contribution in [1.82, 2.24) is 0 Å². The Labute approximate surface area is 80.3 Å². The summed E-state index contributed by atoms with van der Waals surface area (Å²) in [7, 11) is 0. The van der Waals surface area contributed by atoms with Crippen LogP contribution >= 0.6 is 0 Å². The molecule has 0 aromatic rings. The van der Waals surface area contributed by atoms with Crippen molar-refractivity contribution in [2.24, 2.45) is 5.73 Å². The minimum Gasteiger partial charge on any atom is -0.380 e. The summed E-state index contributed by atoms with van der Waals surface area (Å²) < 4.78 is 0. The van der Waals surface area contributed by atoms with E-state index < -0.39 is 11.5 Å². The van der Waals surface area contributed by atoms with Gasteiger partial charge in [-0.05, 0) is 12.8 Å². The van der Waals surface area contributed by atoms with Crippen molar-refractivity contribution in [3.63, 3.8) is 0 Å². The molecule has 3 nitrogen and oxygen atoms in total. The number of primary amides is 1. The summed E-state index contributed by atoms with van der Waals surface area (Å²) in [6.07, 6.45) is 4.76. The molecule has 0 aliphatic heterocycles. The summed E-state index contributed by atoms with van der Waals surface area (Å²) in [6, 6.07) is 0. The Bertz CT molecular complexity index is 159. The quantitative estimate of drug-likeness (QED) is 0.594. The van der Waals surface area contributed by atoms with E-state index in [1.807, 2.05) is 6.92 Å². The largest absolute Gasteiger partial charge is 0.380 e. The fourth-order valence-electron chi connectivity index (χ4n) is 1.45. The second-order valence-corrected chi connectivity index (χ2v) is 3.60. The molecule has 0 saturated heterocycles. The van der Waals surface area contributed by atoms with Crippen molar-refractivity contribution in [3.05, 3.63) is 0 Å². The first kappa shape index (κ1) is 12.4. The number of rotatable bonds is 7. The number of amides is 1. The number of carbonyl (C=O) groups is 1. The van der Waals surface area contributed by atoms with Gasteiger partial charge in [0.15, 0.2) is 0 Å². The molecule has 13 heavy (non-hydrogen) atoms. The van der Waals surface area contributed by atoms with Crippen LogP contribution in [0.5, 0.6) is 0 Å². The van der Waals surface area contributed by atoms with Crippen molar-refractivity contribution >= 4 is 5.91 Å². The Morgan fingerprint density at radius 3 is 2.23 bits per heavy atom. The maximum atomic E-state index is 11.0. The van der Waals surface area contributed by atoms with Gasteiger partial charge in [-0.3, -0.25) is 4.79 Å². The molecule has 0 saturated carbocycles. The van der Waals surface area contributed by atoms with Crippen molar-refractivity contribution in [1.29, 1.82) is 0 Å². The van der Waals surface area contributed by atoms with Gasteiger partial charge in [0.05, 0.1) is 0 Å². The molecule has 0 aliphatic carbocycles. The number of hydrogen-bond donors (Lipinski definition) is 2.